The van der Waals surface area contributed by atoms with Crippen LogP contribution in [-0.4, -0.2) is 28.2 Å². The van der Waals surface area contributed by atoms with E-state index in [0.717, 1.165) is 5.69 Å². The van der Waals surface area contributed by atoms with Gasteiger partial charge in [-0.25, -0.2) is 0 Å². The first-order valence-corrected chi connectivity index (χ1v) is 5.44. The lowest BCUT2D eigenvalue weighted by Gasteiger charge is -2.19. The van der Waals surface area contributed by atoms with Crippen molar-refractivity contribution < 1.29 is 4.79 Å². The smallest absolute Gasteiger partial charge is 0.226 e. The molecule has 0 unspecified atom stereocenters. The van der Waals surface area contributed by atoms with Crippen molar-refractivity contribution >= 4 is 11.7 Å². The van der Waals surface area contributed by atoms with Crippen LogP contribution in [0.1, 0.15) is 32.9 Å². The first kappa shape index (κ1) is 12.7. The van der Waals surface area contributed by atoms with Crippen molar-refractivity contribution in [1.82, 2.24) is 15.5 Å². The Hall–Kier alpha value is -1.36. The van der Waals surface area contributed by atoms with E-state index in [0.29, 0.717) is 18.8 Å². The number of hydrogen-bond acceptors (Lipinski definition) is 3. The van der Waals surface area contributed by atoms with Crippen molar-refractivity contribution in [2.45, 2.75) is 39.7 Å². The van der Waals surface area contributed by atoms with Gasteiger partial charge in [0, 0.05) is 30.3 Å². The largest absolute Gasteiger partial charge is 0.312 e. The van der Waals surface area contributed by atoms with E-state index >= 15 is 0 Å². The summed E-state index contributed by atoms with van der Waals surface area (Å²) in [6.07, 6.45) is 0.448. The molecule has 1 amide bonds. The Morgan fingerprint density at radius 3 is 2.69 bits per heavy atom. The van der Waals surface area contributed by atoms with Gasteiger partial charge in [0.1, 0.15) is 0 Å². The Kier molecular flexibility index (Phi) is 4.06. The molecule has 90 valence electrons. The van der Waals surface area contributed by atoms with Crippen molar-refractivity contribution in [3.8, 4) is 0 Å². The van der Waals surface area contributed by atoms with Crippen LogP contribution in [0.4, 0.5) is 5.82 Å². The molecule has 1 aromatic rings. The van der Waals surface area contributed by atoms with Crippen molar-refractivity contribution in [2.75, 3.05) is 11.9 Å². The molecule has 16 heavy (non-hydrogen) atoms. The summed E-state index contributed by atoms with van der Waals surface area (Å²) in [5.74, 6) is 0.557. The Balaban J connectivity index is 2.26. The summed E-state index contributed by atoms with van der Waals surface area (Å²) in [6.45, 7) is 8.77. The van der Waals surface area contributed by atoms with Crippen molar-refractivity contribution in [2.24, 2.45) is 0 Å². The number of anilines is 1. The molecule has 0 saturated heterocycles. The molecule has 0 spiro atoms. The summed E-state index contributed by atoms with van der Waals surface area (Å²) in [5, 5.41) is 12.7. The van der Waals surface area contributed by atoms with Crippen LogP contribution < -0.4 is 10.6 Å². The number of carbonyl (C=O) groups excluding carboxylic acids is 1. The molecule has 0 bridgehead atoms. The molecule has 5 heteroatoms. The number of carbonyl (C=O) groups is 1. The molecule has 1 rings (SSSR count). The molecule has 0 aromatic carbocycles. The fraction of sp³-hybridized carbons (Fsp3) is 0.636. The zero-order valence-corrected chi connectivity index (χ0v) is 10.3. The van der Waals surface area contributed by atoms with Gasteiger partial charge < -0.3 is 10.6 Å². The molecule has 0 aliphatic heterocycles. The van der Waals surface area contributed by atoms with E-state index in [1.54, 1.807) is 6.07 Å². The maximum atomic E-state index is 11.5. The van der Waals surface area contributed by atoms with Crippen molar-refractivity contribution in [3.05, 3.63) is 11.8 Å². The standard InChI is InChI=1S/C11H20N4O/c1-8-7-9(15-14-8)13-10(16)5-6-12-11(2,3)4/h7,12H,5-6H2,1-4H3,(H2,13,14,15,16). The number of nitrogens with one attached hydrogen (secondary N) is 3. The molecular weight excluding hydrogens is 204 g/mol. The number of rotatable bonds is 4. The molecular formula is C11H20N4O. The minimum atomic E-state index is -0.0248. The highest BCUT2D eigenvalue weighted by Gasteiger charge is 2.10. The van der Waals surface area contributed by atoms with Gasteiger partial charge in [0.25, 0.3) is 0 Å². The van der Waals surface area contributed by atoms with Crippen LogP contribution in [0.3, 0.4) is 0 Å². The Morgan fingerprint density at radius 2 is 2.19 bits per heavy atom. The Morgan fingerprint density at radius 1 is 1.50 bits per heavy atom. The predicted molar refractivity (Wildman–Crippen MR) is 64.3 cm³/mol. The first-order valence-electron chi connectivity index (χ1n) is 5.44. The van der Waals surface area contributed by atoms with Crippen LogP contribution in [0.2, 0.25) is 0 Å². The second kappa shape index (κ2) is 5.12. The molecule has 3 N–H and O–H groups in total. The monoisotopic (exact) mass is 224 g/mol. The Bertz CT molecular complexity index is 351. The number of amides is 1. The summed E-state index contributed by atoms with van der Waals surface area (Å²) in [5.41, 5.74) is 0.978. The minimum Gasteiger partial charge on any atom is -0.312 e. The minimum absolute atomic E-state index is 0.0248. The molecule has 0 saturated carbocycles. The zero-order valence-electron chi connectivity index (χ0n) is 10.3. The highest BCUT2D eigenvalue weighted by molar-refractivity contribution is 5.89. The van der Waals surface area contributed by atoms with Crippen LogP contribution in [0.25, 0.3) is 0 Å². The lowest BCUT2D eigenvalue weighted by Crippen LogP contribution is -2.37. The van der Waals surface area contributed by atoms with Crippen LogP contribution in [-0.2, 0) is 4.79 Å². The Labute approximate surface area is 96.0 Å². The van der Waals surface area contributed by atoms with E-state index in [9.17, 15) is 4.79 Å². The zero-order chi connectivity index (χ0) is 12.2. The highest BCUT2D eigenvalue weighted by atomic mass is 16.1. The number of hydrogen-bond donors (Lipinski definition) is 3. The number of H-pyrrole nitrogens is 1. The van der Waals surface area contributed by atoms with Gasteiger partial charge in [-0.2, -0.15) is 5.10 Å². The first-order chi connectivity index (χ1) is 7.37. The third-order valence-corrected chi connectivity index (χ3v) is 1.98. The molecule has 1 aromatic heterocycles. The molecule has 0 atom stereocenters. The second-order valence-corrected chi connectivity index (χ2v) is 4.91. The number of aromatic amines is 1. The van der Waals surface area contributed by atoms with E-state index < -0.39 is 0 Å². The third-order valence-electron chi connectivity index (χ3n) is 1.98. The predicted octanol–water partition coefficient (Wildman–Crippen LogP) is 1.43. The normalized spacial score (nSPS) is 11.5. The fourth-order valence-corrected chi connectivity index (χ4v) is 1.24. The van der Waals surface area contributed by atoms with Crippen molar-refractivity contribution in [1.29, 1.82) is 0 Å². The van der Waals surface area contributed by atoms with Gasteiger partial charge in [0.05, 0.1) is 0 Å². The van der Waals surface area contributed by atoms with Gasteiger partial charge >= 0.3 is 0 Å². The molecule has 1 heterocycles. The van der Waals surface area contributed by atoms with E-state index in [2.05, 4.69) is 41.6 Å². The number of aromatic nitrogens is 2. The van der Waals surface area contributed by atoms with Crippen LogP contribution in [0.5, 0.6) is 0 Å². The van der Waals surface area contributed by atoms with Gasteiger partial charge in [-0.1, -0.05) is 0 Å². The van der Waals surface area contributed by atoms with E-state index in [1.807, 2.05) is 6.92 Å². The summed E-state index contributed by atoms with van der Waals surface area (Å²) in [7, 11) is 0. The van der Waals surface area contributed by atoms with Gasteiger partial charge in [-0.15, -0.1) is 0 Å². The van der Waals surface area contributed by atoms with Crippen LogP contribution in [0.15, 0.2) is 6.07 Å². The van der Waals surface area contributed by atoms with Crippen LogP contribution in [0, 0.1) is 6.92 Å². The van der Waals surface area contributed by atoms with Gasteiger partial charge in [-0.3, -0.25) is 9.89 Å². The summed E-state index contributed by atoms with van der Waals surface area (Å²) in [6, 6.07) is 1.80. The average Bonchev–Trinajstić information content (AvgIpc) is 2.48. The average molecular weight is 224 g/mol. The summed E-state index contributed by atoms with van der Waals surface area (Å²) < 4.78 is 0. The van der Waals surface area contributed by atoms with Crippen molar-refractivity contribution in [3.63, 3.8) is 0 Å². The lowest BCUT2D eigenvalue weighted by molar-refractivity contribution is -0.116. The third kappa shape index (κ3) is 4.93. The van der Waals surface area contributed by atoms with E-state index in [4.69, 9.17) is 0 Å². The number of aryl methyl sites for hydroxylation is 1. The number of nitrogens with zero attached hydrogens (tertiary/aromatic N) is 1. The fourth-order valence-electron chi connectivity index (χ4n) is 1.24. The summed E-state index contributed by atoms with van der Waals surface area (Å²) >= 11 is 0. The van der Waals surface area contributed by atoms with Gasteiger partial charge in [0.2, 0.25) is 5.91 Å². The highest BCUT2D eigenvalue weighted by Crippen LogP contribution is 2.04. The summed E-state index contributed by atoms with van der Waals surface area (Å²) in [4.78, 5) is 11.5. The van der Waals surface area contributed by atoms with Gasteiger partial charge in [-0.05, 0) is 27.7 Å². The SMILES string of the molecule is Cc1cc(NC(=O)CCNC(C)(C)C)n[nH]1. The second-order valence-electron chi connectivity index (χ2n) is 4.91. The van der Waals surface area contributed by atoms with E-state index in [-0.39, 0.29) is 11.4 Å². The molecule has 0 fully saturated rings. The maximum Gasteiger partial charge on any atom is 0.226 e. The molecule has 0 aliphatic carbocycles. The topological polar surface area (TPSA) is 69.8 Å². The molecule has 0 aliphatic rings. The quantitative estimate of drug-likeness (QED) is 0.724. The van der Waals surface area contributed by atoms with E-state index in [1.165, 1.54) is 0 Å². The maximum absolute atomic E-state index is 11.5. The van der Waals surface area contributed by atoms with Gasteiger partial charge in [0.15, 0.2) is 5.82 Å². The molecule has 0 radical (unpaired) electrons. The lowest BCUT2D eigenvalue weighted by atomic mass is 10.1. The van der Waals surface area contributed by atoms with Crippen LogP contribution >= 0.6 is 0 Å². The molecule has 5 nitrogen and oxygen atoms in total.